The van der Waals surface area contributed by atoms with Gasteiger partial charge in [-0.05, 0) is 42.2 Å². The lowest BCUT2D eigenvalue weighted by Gasteiger charge is -2.05. The molecule has 0 unspecified atom stereocenters. The molecule has 0 amide bonds. The molecule has 0 aliphatic heterocycles. The summed E-state index contributed by atoms with van der Waals surface area (Å²) in [7, 11) is 0. The van der Waals surface area contributed by atoms with Crippen molar-refractivity contribution in [1.82, 2.24) is 10.3 Å². The van der Waals surface area contributed by atoms with E-state index in [1.165, 1.54) is 29.7 Å². The van der Waals surface area contributed by atoms with Gasteiger partial charge in [0.15, 0.2) is 0 Å². The summed E-state index contributed by atoms with van der Waals surface area (Å²) in [5, 5.41) is 3.54. The maximum atomic E-state index is 3.54. The molecule has 3 rings (SSSR count). The van der Waals surface area contributed by atoms with Gasteiger partial charge in [-0.1, -0.05) is 18.2 Å². The van der Waals surface area contributed by atoms with Gasteiger partial charge in [0, 0.05) is 24.5 Å². The zero-order chi connectivity index (χ0) is 10.8. The molecule has 0 saturated heterocycles. The highest BCUT2D eigenvalue weighted by molar-refractivity contribution is 5.60. The monoisotopic (exact) mass is 212 g/mol. The summed E-state index contributed by atoms with van der Waals surface area (Å²) in [5.74, 6) is 0. The largest absolute Gasteiger partial charge is 0.361 e. The summed E-state index contributed by atoms with van der Waals surface area (Å²) in [6.45, 7) is 0.985. The Balaban J connectivity index is 1.76. The molecule has 0 radical (unpaired) electrons. The van der Waals surface area contributed by atoms with Gasteiger partial charge < -0.3 is 10.3 Å². The van der Waals surface area contributed by atoms with Crippen molar-refractivity contribution in [3.63, 3.8) is 0 Å². The summed E-state index contributed by atoms with van der Waals surface area (Å²) in [6.07, 6.45) is 4.65. The van der Waals surface area contributed by atoms with Crippen molar-refractivity contribution in [1.29, 1.82) is 0 Å². The van der Waals surface area contributed by atoms with Crippen molar-refractivity contribution in [3.05, 3.63) is 48.2 Å². The Bertz CT molecular complexity index is 455. The second kappa shape index (κ2) is 4.14. The van der Waals surface area contributed by atoms with Crippen LogP contribution in [0.3, 0.4) is 0 Å². The summed E-state index contributed by atoms with van der Waals surface area (Å²) < 4.78 is 0. The standard InChI is InChI=1S/C14H16N2/c1-3-11(10-16-13-6-7-13)9-12(4-1)14-5-2-8-15-14/h1-5,8-9,13,15-16H,6-7,10H2. The summed E-state index contributed by atoms with van der Waals surface area (Å²) in [6, 6.07) is 13.6. The zero-order valence-electron chi connectivity index (χ0n) is 9.24. The molecule has 1 heterocycles. The van der Waals surface area contributed by atoms with E-state index >= 15 is 0 Å². The summed E-state index contributed by atoms with van der Waals surface area (Å²) in [4.78, 5) is 3.24. The molecule has 2 heteroatoms. The maximum Gasteiger partial charge on any atom is 0.0453 e. The van der Waals surface area contributed by atoms with E-state index in [2.05, 4.69) is 40.6 Å². The second-order valence-electron chi connectivity index (χ2n) is 4.44. The fourth-order valence-corrected chi connectivity index (χ4v) is 1.91. The predicted molar refractivity (Wildman–Crippen MR) is 66.1 cm³/mol. The predicted octanol–water partition coefficient (Wildman–Crippen LogP) is 2.93. The fraction of sp³-hybridized carbons (Fsp3) is 0.286. The number of aromatic nitrogens is 1. The molecule has 2 N–H and O–H groups in total. The third kappa shape index (κ3) is 2.17. The molecule has 0 bridgehead atoms. The minimum Gasteiger partial charge on any atom is -0.361 e. The molecule has 1 saturated carbocycles. The molecule has 1 aromatic carbocycles. The van der Waals surface area contributed by atoms with Gasteiger partial charge in [0.05, 0.1) is 0 Å². The first-order chi connectivity index (χ1) is 7.92. The highest BCUT2D eigenvalue weighted by Gasteiger charge is 2.19. The van der Waals surface area contributed by atoms with Crippen LogP contribution in [0.2, 0.25) is 0 Å². The molecule has 0 atom stereocenters. The summed E-state index contributed by atoms with van der Waals surface area (Å²) >= 11 is 0. The van der Waals surface area contributed by atoms with E-state index in [9.17, 15) is 0 Å². The SMILES string of the molecule is c1cc(CNC2CC2)cc(-c2ccc[nH]2)c1. The van der Waals surface area contributed by atoms with Crippen molar-refractivity contribution in [2.24, 2.45) is 0 Å². The lowest BCUT2D eigenvalue weighted by Crippen LogP contribution is -2.15. The first kappa shape index (κ1) is 9.67. The van der Waals surface area contributed by atoms with Crippen LogP contribution in [0, 0.1) is 0 Å². The van der Waals surface area contributed by atoms with Crippen LogP contribution in [0.15, 0.2) is 42.6 Å². The number of hydrogen-bond donors (Lipinski definition) is 2. The Morgan fingerprint density at radius 2 is 2.12 bits per heavy atom. The van der Waals surface area contributed by atoms with E-state index in [0.717, 1.165) is 12.6 Å². The Hall–Kier alpha value is -1.54. The van der Waals surface area contributed by atoms with E-state index in [1.807, 2.05) is 12.3 Å². The Morgan fingerprint density at radius 3 is 2.88 bits per heavy atom. The lowest BCUT2D eigenvalue weighted by atomic mass is 10.1. The fourth-order valence-electron chi connectivity index (χ4n) is 1.91. The van der Waals surface area contributed by atoms with E-state index < -0.39 is 0 Å². The number of benzene rings is 1. The van der Waals surface area contributed by atoms with E-state index in [-0.39, 0.29) is 0 Å². The highest BCUT2D eigenvalue weighted by Crippen LogP contribution is 2.21. The molecular weight excluding hydrogens is 196 g/mol. The molecule has 1 fully saturated rings. The van der Waals surface area contributed by atoms with Crippen molar-refractivity contribution in [3.8, 4) is 11.3 Å². The normalized spacial score (nSPS) is 15.2. The van der Waals surface area contributed by atoms with Crippen LogP contribution < -0.4 is 5.32 Å². The van der Waals surface area contributed by atoms with E-state index in [1.54, 1.807) is 0 Å². The van der Waals surface area contributed by atoms with Crippen LogP contribution >= 0.6 is 0 Å². The average molecular weight is 212 g/mol. The average Bonchev–Trinajstić information content (AvgIpc) is 2.99. The van der Waals surface area contributed by atoms with E-state index in [0.29, 0.717) is 0 Å². The van der Waals surface area contributed by atoms with Gasteiger partial charge in [-0.15, -0.1) is 0 Å². The third-order valence-corrected chi connectivity index (χ3v) is 3.01. The van der Waals surface area contributed by atoms with Crippen molar-refractivity contribution in [2.75, 3.05) is 0 Å². The maximum absolute atomic E-state index is 3.54. The summed E-state index contributed by atoms with van der Waals surface area (Å²) in [5.41, 5.74) is 3.81. The number of aromatic amines is 1. The molecule has 82 valence electrons. The smallest absolute Gasteiger partial charge is 0.0453 e. The van der Waals surface area contributed by atoms with Crippen LogP contribution in [0.4, 0.5) is 0 Å². The third-order valence-electron chi connectivity index (χ3n) is 3.01. The van der Waals surface area contributed by atoms with Crippen molar-refractivity contribution < 1.29 is 0 Å². The first-order valence-corrected chi connectivity index (χ1v) is 5.88. The number of hydrogen-bond acceptors (Lipinski definition) is 1. The van der Waals surface area contributed by atoms with Crippen LogP contribution in [-0.4, -0.2) is 11.0 Å². The van der Waals surface area contributed by atoms with Crippen molar-refractivity contribution >= 4 is 0 Å². The van der Waals surface area contributed by atoms with Gasteiger partial charge in [-0.3, -0.25) is 0 Å². The van der Waals surface area contributed by atoms with Crippen LogP contribution in [0.1, 0.15) is 18.4 Å². The van der Waals surface area contributed by atoms with Crippen molar-refractivity contribution in [2.45, 2.75) is 25.4 Å². The Labute approximate surface area is 95.7 Å². The number of rotatable bonds is 4. The van der Waals surface area contributed by atoms with Gasteiger partial charge >= 0.3 is 0 Å². The Kier molecular flexibility index (Phi) is 2.50. The van der Waals surface area contributed by atoms with Gasteiger partial charge in [0.1, 0.15) is 0 Å². The minimum absolute atomic E-state index is 0.772. The molecule has 0 spiro atoms. The van der Waals surface area contributed by atoms with Gasteiger partial charge in [-0.2, -0.15) is 0 Å². The van der Waals surface area contributed by atoms with Crippen LogP contribution in [-0.2, 0) is 6.54 Å². The second-order valence-corrected chi connectivity index (χ2v) is 4.44. The topological polar surface area (TPSA) is 27.8 Å². The van der Waals surface area contributed by atoms with Gasteiger partial charge in [-0.25, -0.2) is 0 Å². The first-order valence-electron chi connectivity index (χ1n) is 5.88. The molecule has 16 heavy (non-hydrogen) atoms. The molecular formula is C14H16N2. The molecule has 2 nitrogen and oxygen atoms in total. The molecule has 1 aliphatic carbocycles. The lowest BCUT2D eigenvalue weighted by molar-refractivity contribution is 0.688. The van der Waals surface area contributed by atoms with Gasteiger partial charge in [0.2, 0.25) is 0 Å². The number of H-pyrrole nitrogens is 1. The van der Waals surface area contributed by atoms with Crippen LogP contribution in [0.25, 0.3) is 11.3 Å². The van der Waals surface area contributed by atoms with E-state index in [4.69, 9.17) is 0 Å². The highest BCUT2D eigenvalue weighted by atomic mass is 14.9. The van der Waals surface area contributed by atoms with Crippen LogP contribution in [0.5, 0.6) is 0 Å². The zero-order valence-corrected chi connectivity index (χ0v) is 9.24. The Morgan fingerprint density at radius 1 is 1.19 bits per heavy atom. The molecule has 1 aliphatic rings. The molecule has 2 aromatic rings. The molecule has 1 aromatic heterocycles. The quantitative estimate of drug-likeness (QED) is 0.801. The van der Waals surface area contributed by atoms with Gasteiger partial charge in [0.25, 0.3) is 0 Å². The minimum atomic E-state index is 0.772. The number of nitrogens with one attached hydrogen (secondary N) is 2.